The molecule has 1 aliphatic rings. The van der Waals surface area contributed by atoms with E-state index in [0.29, 0.717) is 17.3 Å². The topological polar surface area (TPSA) is 87.6 Å². The summed E-state index contributed by atoms with van der Waals surface area (Å²) in [7, 11) is 0. The van der Waals surface area contributed by atoms with Crippen molar-refractivity contribution in [1.29, 1.82) is 0 Å². The summed E-state index contributed by atoms with van der Waals surface area (Å²) in [6.07, 6.45) is 3.86. The molecular formula is C11H17N5O. The summed E-state index contributed by atoms with van der Waals surface area (Å²) in [5, 5.41) is 19.8. The number of amidine groups is 1. The molecule has 17 heavy (non-hydrogen) atoms. The van der Waals surface area contributed by atoms with E-state index in [4.69, 9.17) is 10.9 Å². The molecule has 92 valence electrons. The highest BCUT2D eigenvalue weighted by atomic mass is 16.4. The third kappa shape index (κ3) is 2.30. The summed E-state index contributed by atoms with van der Waals surface area (Å²) in [5.41, 5.74) is 6.27. The standard InChI is InChI=1S/C11H17N5O/c1-2-8-4-6-16(7-8)11-9(10(12)15-17)3-5-13-14-11/h3,5,8,17H,2,4,6-7H2,1H3,(H2,12,15). The second-order valence-corrected chi connectivity index (χ2v) is 4.26. The lowest BCUT2D eigenvalue weighted by molar-refractivity contribution is 0.318. The smallest absolute Gasteiger partial charge is 0.173 e. The van der Waals surface area contributed by atoms with Crippen LogP contribution in [-0.2, 0) is 0 Å². The number of rotatable bonds is 3. The van der Waals surface area contributed by atoms with Gasteiger partial charge in [0.2, 0.25) is 0 Å². The van der Waals surface area contributed by atoms with Gasteiger partial charge in [0.15, 0.2) is 11.7 Å². The Kier molecular flexibility index (Phi) is 3.41. The zero-order valence-corrected chi connectivity index (χ0v) is 9.87. The fourth-order valence-electron chi connectivity index (χ4n) is 2.17. The summed E-state index contributed by atoms with van der Waals surface area (Å²) < 4.78 is 0. The van der Waals surface area contributed by atoms with Gasteiger partial charge in [-0.15, -0.1) is 5.10 Å². The van der Waals surface area contributed by atoms with Gasteiger partial charge in [-0.2, -0.15) is 5.10 Å². The van der Waals surface area contributed by atoms with Gasteiger partial charge in [0.25, 0.3) is 0 Å². The van der Waals surface area contributed by atoms with Crippen molar-refractivity contribution in [2.45, 2.75) is 19.8 Å². The molecule has 0 bridgehead atoms. The number of aromatic nitrogens is 2. The van der Waals surface area contributed by atoms with E-state index in [1.54, 1.807) is 12.3 Å². The molecule has 1 aromatic heterocycles. The molecule has 1 unspecified atom stereocenters. The van der Waals surface area contributed by atoms with Crippen molar-refractivity contribution in [3.63, 3.8) is 0 Å². The maximum atomic E-state index is 8.75. The normalized spacial score (nSPS) is 20.9. The molecule has 6 heteroatoms. The number of nitrogens with zero attached hydrogens (tertiary/aromatic N) is 4. The minimum absolute atomic E-state index is 0.0786. The fraction of sp³-hybridized carbons (Fsp3) is 0.545. The van der Waals surface area contributed by atoms with Gasteiger partial charge in [-0.05, 0) is 18.4 Å². The number of oxime groups is 1. The van der Waals surface area contributed by atoms with Crippen LogP contribution in [0.15, 0.2) is 17.4 Å². The van der Waals surface area contributed by atoms with Crippen molar-refractivity contribution in [3.8, 4) is 0 Å². The van der Waals surface area contributed by atoms with Crippen molar-refractivity contribution < 1.29 is 5.21 Å². The maximum absolute atomic E-state index is 8.75. The molecule has 0 saturated carbocycles. The lowest BCUT2D eigenvalue weighted by Crippen LogP contribution is -2.26. The number of anilines is 1. The second kappa shape index (κ2) is 4.99. The number of hydrogen-bond acceptors (Lipinski definition) is 5. The zero-order chi connectivity index (χ0) is 12.3. The molecule has 1 atom stereocenters. The van der Waals surface area contributed by atoms with Crippen molar-refractivity contribution in [3.05, 3.63) is 17.8 Å². The number of hydrogen-bond donors (Lipinski definition) is 2. The molecule has 0 radical (unpaired) electrons. The predicted octanol–water partition coefficient (Wildman–Crippen LogP) is 0.807. The Hall–Kier alpha value is -1.85. The average molecular weight is 235 g/mol. The Labute approximate surface area is 100 Å². The van der Waals surface area contributed by atoms with Crippen molar-refractivity contribution in [2.75, 3.05) is 18.0 Å². The van der Waals surface area contributed by atoms with E-state index in [9.17, 15) is 0 Å². The average Bonchev–Trinajstić information content (AvgIpc) is 2.86. The molecule has 1 aromatic rings. The lowest BCUT2D eigenvalue weighted by Gasteiger charge is -2.19. The summed E-state index contributed by atoms with van der Waals surface area (Å²) in [6.45, 7) is 4.10. The monoisotopic (exact) mass is 235 g/mol. The Balaban J connectivity index is 2.27. The van der Waals surface area contributed by atoms with Crippen LogP contribution in [-0.4, -0.2) is 34.3 Å². The van der Waals surface area contributed by atoms with E-state index in [0.717, 1.165) is 25.9 Å². The predicted molar refractivity (Wildman–Crippen MR) is 65.2 cm³/mol. The Morgan fingerprint density at radius 1 is 1.71 bits per heavy atom. The second-order valence-electron chi connectivity index (χ2n) is 4.26. The third-order valence-electron chi connectivity index (χ3n) is 3.25. The minimum Gasteiger partial charge on any atom is -0.409 e. The molecule has 3 N–H and O–H groups in total. The largest absolute Gasteiger partial charge is 0.409 e. The van der Waals surface area contributed by atoms with Crippen LogP contribution in [0.3, 0.4) is 0 Å². The van der Waals surface area contributed by atoms with E-state index < -0.39 is 0 Å². The molecule has 1 saturated heterocycles. The SMILES string of the molecule is CCC1CCN(c2nnccc2/C(N)=N/O)C1. The Morgan fingerprint density at radius 2 is 2.53 bits per heavy atom. The first-order chi connectivity index (χ1) is 8.26. The molecule has 2 heterocycles. The first kappa shape index (κ1) is 11.6. The van der Waals surface area contributed by atoms with Gasteiger partial charge in [0.1, 0.15) is 0 Å². The summed E-state index contributed by atoms with van der Waals surface area (Å²) in [6, 6.07) is 1.72. The van der Waals surface area contributed by atoms with Crippen LogP contribution in [0.2, 0.25) is 0 Å². The highest BCUT2D eigenvalue weighted by Crippen LogP contribution is 2.25. The summed E-state index contributed by atoms with van der Waals surface area (Å²) in [5.74, 6) is 1.48. The van der Waals surface area contributed by atoms with Crippen LogP contribution in [0.4, 0.5) is 5.82 Å². The molecule has 0 aromatic carbocycles. The minimum atomic E-state index is 0.0786. The van der Waals surface area contributed by atoms with Crippen LogP contribution >= 0.6 is 0 Å². The van der Waals surface area contributed by atoms with Gasteiger partial charge in [-0.25, -0.2) is 0 Å². The van der Waals surface area contributed by atoms with Gasteiger partial charge in [-0.1, -0.05) is 18.5 Å². The Morgan fingerprint density at radius 3 is 3.18 bits per heavy atom. The van der Waals surface area contributed by atoms with Gasteiger partial charge in [0.05, 0.1) is 11.8 Å². The van der Waals surface area contributed by atoms with Crippen LogP contribution < -0.4 is 10.6 Å². The molecule has 1 fully saturated rings. The Bertz CT molecular complexity index is 420. The molecule has 0 amide bonds. The fourth-order valence-corrected chi connectivity index (χ4v) is 2.17. The zero-order valence-electron chi connectivity index (χ0n) is 9.87. The van der Waals surface area contributed by atoms with Crippen LogP contribution in [0.25, 0.3) is 0 Å². The number of nitrogens with two attached hydrogens (primary N) is 1. The van der Waals surface area contributed by atoms with Crippen LogP contribution in [0.5, 0.6) is 0 Å². The van der Waals surface area contributed by atoms with Gasteiger partial charge in [0, 0.05) is 13.1 Å². The van der Waals surface area contributed by atoms with Gasteiger partial charge >= 0.3 is 0 Å². The van der Waals surface area contributed by atoms with Crippen molar-refractivity contribution >= 4 is 11.7 Å². The lowest BCUT2D eigenvalue weighted by atomic mass is 10.1. The van der Waals surface area contributed by atoms with Crippen LogP contribution in [0.1, 0.15) is 25.3 Å². The van der Waals surface area contributed by atoms with E-state index in [1.165, 1.54) is 0 Å². The van der Waals surface area contributed by atoms with Crippen molar-refractivity contribution in [2.24, 2.45) is 16.8 Å². The molecular weight excluding hydrogens is 218 g/mol. The van der Waals surface area contributed by atoms with E-state index in [-0.39, 0.29) is 5.84 Å². The molecule has 0 aliphatic carbocycles. The van der Waals surface area contributed by atoms with Gasteiger partial charge < -0.3 is 15.8 Å². The maximum Gasteiger partial charge on any atom is 0.173 e. The third-order valence-corrected chi connectivity index (χ3v) is 3.25. The van der Waals surface area contributed by atoms with E-state index in [2.05, 4.69) is 27.2 Å². The first-order valence-corrected chi connectivity index (χ1v) is 5.80. The molecule has 1 aliphatic heterocycles. The van der Waals surface area contributed by atoms with Crippen LogP contribution in [0, 0.1) is 5.92 Å². The van der Waals surface area contributed by atoms with Gasteiger partial charge in [-0.3, -0.25) is 0 Å². The summed E-state index contributed by atoms with van der Waals surface area (Å²) in [4.78, 5) is 2.15. The molecule has 6 nitrogen and oxygen atoms in total. The first-order valence-electron chi connectivity index (χ1n) is 5.80. The van der Waals surface area contributed by atoms with E-state index >= 15 is 0 Å². The highest BCUT2D eigenvalue weighted by molar-refractivity contribution is 6.01. The van der Waals surface area contributed by atoms with E-state index in [1.807, 2.05) is 0 Å². The quantitative estimate of drug-likeness (QED) is 0.350. The molecule has 0 spiro atoms. The summed E-state index contributed by atoms with van der Waals surface area (Å²) >= 11 is 0. The highest BCUT2D eigenvalue weighted by Gasteiger charge is 2.25. The van der Waals surface area contributed by atoms with Crippen molar-refractivity contribution in [1.82, 2.24) is 10.2 Å². The molecule has 2 rings (SSSR count).